The highest BCUT2D eigenvalue weighted by molar-refractivity contribution is 5.40. The highest BCUT2D eigenvalue weighted by Gasteiger charge is 2.08. The summed E-state index contributed by atoms with van der Waals surface area (Å²) in [5.41, 5.74) is 3.30. The molecule has 0 spiro atoms. The molecule has 90 valence electrons. The van der Waals surface area contributed by atoms with E-state index in [1.54, 1.807) is 7.11 Å². The Bertz CT molecular complexity index is 348. The van der Waals surface area contributed by atoms with Crippen molar-refractivity contribution in [1.82, 2.24) is 10.3 Å². The smallest absolute Gasteiger partial charge is 0.128 e. The third-order valence-electron chi connectivity index (χ3n) is 2.59. The first-order valence-corrected chi connectivity index (χ1v) is 5.76. The monoisotopic (exact) mass is 222 g/mol. The number of ether oxygens (including phenoxy) is 1. The van der Waals surface area contributed by atoms with E-state index in [1.165, 1.54) is 0 Å². The molecule has 0 unspecified atom stereocenters. The van der Waals surface area contributed by atoms with Gasteiger partial charge >= 0.3 is 0 Å². The Hall–Kier alpha value is -1.09. The Balaban J connectivity index is 2.74. The summed E-state index contributed by atoms with van der Waals surface area (Å²) in [5.74, 6) is 1.61. The van der Waals surface area contributed by atoms with Crippen LogP contribution >= 0.6 is 0 Å². The molecule has 0 amide bonds. The van der Waals surface area contributed by atoms with E-state index in [0.717, 1.165) is 35.7 Å². The number of methoxy groups -OCH3 is 1. The molecule has 0 aromatic carbocycles. The molecule has 1 N–H and O–H groups in total. The van der Waals surface area contributed by atoms with Crippen molar-refractivity contribution in [1.29, 1.82) is 0 Å². The van der Waals surface area contributed by atoms with Gasteiger partial charge in [-0.25, -0.2) is 0 Å². The topological polar surface area (TPSA) is 34.1 Å². The van der Waals surface area contributed by atoms with Crippen molar-refractivity contribution >= 4 is 0 Å². The molecule has 0 aliphatic heterocycles. The Morgan fingerprint density at radius 2 is 2.06 bits per heavy atom. The van der Waals surface area contributed by atoms with Crippen molar-refractivity contribution in [3.63, 3.8) is 0 Å². The van der Waals surface area contributed by atoms with Crippen molar-refractivity contribution in [2.75, 3.05) is 13.7 Å². The molecule has 0 radical (unpaired) electrons. The molecule has 0 aliphatic carbocycles. The Morgan fingerprint density at radius 3 is 2.62 bits per heavy atom. The number of pyridine rings is 1. The maximum atomic E-state index is 5.38. The normalized spacial score (nSPS) is 10.9. The van der Waals surface area contributed by atoms with E-state index in [-0.39, 0.29) is 0 Å². The Labute approximate surface area is 98.2 Å². The summed E-state index contributed by atoms with van der Waals surface area (Å²) >= 11 is 0. The second kappa shape index (κ2) is 5.85. The van der Waals surface area contributed by atoms with Gasteiger partial charge in [0.15, 0.2) is 0 Å². The summed E-state index contributed by atoms with van der Waals surface area (Å²) in [4.78, 5) is 4.44. The molecule has 1 rings (SSSR count). The van der Waals surface area contributed by atoms with Gasteiger partial charge in [0.1, 0.15) is 5.75 Å². The predicted molar refractivity (Wildman–Crippen MR) is 66.8 cm³/mol. The molecule has 0 aliphatic rings. The number of aromatic nitrogens is 1. The summed E-state index contributed by atoms with van der Waals surface area (Å²) in [6, 6.07) is 0. The lowest BCUT2D eigenvalue weighted by atomic mass is 10.1. The zero-order valence-electron chi connectivity index (χ0n) is 10.9. The number of hydrogen-bond donors (Lipinski definition) is 1. The lowest BCUT2D eigenvalue weighted by Crippen LogP contribution is -2.20. The molecule has 16 heavy (non-hydrogen) atoms. The zero-order chi connectivity index (χ0) is 12.1. The fourth-order valence-electron chi connectivity index (χ4n) is 1.73. The van der Waals surface area contributed by atoms with Gasteiger partial charge in [0.05, 0.1) is 12.8 Å². The highest BCUT2D eigenvalue weighted by atomic mass is 16.5. The van der Waals surface area contributed by atoms with E-state index in [1.807, 2.05) is 13.1 Å². The largest absolute Gasteiger partial charge is 0.496 e. The molecule has 0 atom stereocenters. The number of nitrogens with zero attached hydrogens (tertiary/aromatic N) is 1. The quantitative estimate of drug-likeness (QED) is 0.831. The SMILES string of the molecule is COc1c(C)cnc(CNCC(C)C)c1C. The van der Waals surface area contributed by atoms with E-state index in [4.69, 9.17) is 4.74 Å². The zero-order valence-corrected chi connectivity index (χ0v) is 10.9. The van der Waals surface area contributed by atoms with Gasteiger partial charge < -0.3 is 10.1 Å². The molecule has 0 saturated carbocycles. The van der Waals surface area contributed by atoms with Gasteiger partial charge in [-0.1, -0.05) is 13.8 Å². The van der Waals surface area contributed by atoms with Gasteiger partial charge in [0.2, 0.25) is 0 Å². The first kappa shape index (κ1) is 13.0. The Kier molecular flexibility index (Phi) is 4.74. The fourth-order valence-corrected chi connectivity index (χ4v) is 1.73. The average Bonchev–Trinajstić information content (AvgIpc) is 2.22. The summed E-state index contributed by atoms with van der Waals surface area (Å²) in [7, 11) is 1.71. The first-order chi connectivity index (χ1) is 7.56. The van der Waals surface area contributed by atoms with Crippen molar-refractivity contribution in [3.8, 4) is 5.75 Å². The molecule has 3 heteroatoms. The molecule has 1 aromatic rings. The molecule has 0 bridgehead atoms. The molecule has 0 fully saturated rings. The van der Waals surface area contributed by atoms with E-state index in [2.05, 4.69) is 31.1 Å². The molecular formula is C13H22N2O. The third-order valence-corrected chi connectivity index (χ3v) is 2.59. The third kappa shape index (κ3) is 3.20. The number of rotatable bonds is 5. The molecule has 1 aromatic heterocycles. The first-order valence-electron chi connectivity index (χ1n) is 5.76. The van der Waals surface area contributed by atoms with Crippen LogP contribution in [0.2, 0.25) is 0 Å². The lowest BCUT2D eigenvalue weighted by molar-refractivity contribution is 0.406. The van der Waals surface area contributed by atoms with Crippen LogP contribution in [-0.4, -0.2) is 18.6 Å². The van der Waals surface area contributed by atoms with Crippen LogP contribution in [-0.2, 0) is 6.54 Å². The van der Waals surface area contributed by atoms with Crippen molar-refractivity contribution in [3.05, 3.63) is 23.0 Å². The van der Waals surface area contributed by atoms with Crippen LogP contribution < -0.4 is 10.1 Å². The van der Waals surface area contributed by atoms with Gasteiger partial charge in [-0.15, -0.1) is 0 Å². The molecule has 0 saturated heterocycles. The molecule has 3 nitrogen and oxygen atoms in total. The van der Waals surface area contributed by atoms with Crippen LogP contribution in [0.5, 0.6) is 5.75 Å². The average molecular weight is 222 g/mol. The summed E-state index contributed by atoms with van der Waals surface area (Å²) in [5, 5.41) is 3.39. The molecular weight excluding hydrogens is 200 g/mol. The van der Waals surface area contributed by atoms with Crippen molar-refractivity contribution in [2.45, 2.75) is 34.2 Å². The van der Waals surface area contributed by atoms with Crippen LogP contribution in [0, 0.1) is 19.8 Å². The second-order valence-electron chi connectivity index (χ2n) is 4.57. The maximum absolute atomic E-state index is 5.38. The van der Waals surface area contributed by atoms with Gasteiger partial charge in [-0.2, -0.15) is 0 Å². The van der Waals surface area contributed by atoms with Crippen LogP contribution in [0.15, 0.2) is 6.20 Å². The number of nitrogens with one attached hydrogen (secondary N) is 1. The summed E-state index contributed by atoms with van der Waals surface area (Å²) < 4.78 is 5.38. The fraction of sp³-hybridized carbons (Fsp3) is 0.615. The van der Waals surface area contributed by atoms with Crippen LogP contribution in [0.25, 0.3) is 0 Å². The highest BCUT2D eigenvalue weighted by Crippen LogP contribution is 2.23. The summed E-state index contributed by atoms with van der Waals surface area (Å²) in [6.07, 6.45) is 1.87. The predicted octanol–water partition coefficient (Wildman–Crippen LogP) is 2.45. The standard InChI is InChI=1S/C13H22N2O/c1-9(2)6-14-8-12-11(4)13(16-5)10(3)7-15-12/h7,9,14H,6,8H2,1-5H3. The molecule has 1 heterocycles. The maximum Gasteiger partial charge on any atom is 0.128 e. The van der Waals surface area contributed by atoms with E-state index < -0.39 is 0 Å². The minimum Gasteiger partial charge on any atom is -0.496 e. The minimum atomic E-state index is 0.660. The second-order valence-corrected chi connectivity index (χ2v) is 4.57. The summed E-state index contributed by atoms with van der Waals surface area (Å²) in [6.45, 7) is 10.3. The Morgan fingerprint density at radius 1 is 1.38 bits per heavy atom. The van der Waals surface area contributed by atoms with E-state index in [0.29, 0.717) is 5.92 Å². The van der Waals surface area contributed by atoms with Crippen molar-refractivity contribution < 1.29 is 4.74 Å². The van der Waals surface area contributed by atoms with Crippen LogP contribution in [0.4, 0.5) is 0 Å². The number of aryl methyl sites for hydroxylation is 1. The lowest BCUT2D eigenvalue weighted by Gasteiger charge is -2.13. The van der Waals surface area contributed by atoms with Gasteiger partial charge in [0.25, 0.3) is 0 Å². The minimum absolute atomic E-state index is 0.660. The van der Waals surface area contributed by atoms with Gasteiger partial charge in [-0.05, 0) is 26.3 Å². The van der Waals surface area contributed by atoms with E-state index in [9.17, 15) is 0 Å². The van der Waals surface area contributed by atoms with Crippen molar-refractivity contribution in [2.24, 2.45) is 5.92 Å². The van der Waals surface area contributed by atoms with Gasteiger partial charge in [-0.3, -0.25) is 4.98 Å². The van der Waals surface area contributed by atoms with Crippen LogP contribution in [0.3, 0.4) is 0 Å². The van der Waals surface area contributed by atoms with E-state index >= 15 is 0 Å². The van der Waals surface area contributed by atoms with Gasteiger partial charge in [0, 0.05) is 23.9 Å². The van der Waals surface area contributed by atoms with Crippen LogP contribution in [0.1, 0.15) is 30.7 Å². The number of hydrogen-bond acceptors (Lipinski definition) is 3.